The van der Waals surface area contributed by atoms with Crippen LogP contribution in [0.15, 0.2) is 41.4 Å². The van der Waals surface area contributed by atoms with Gasteiger partial charge in [0.25, 0.3) is 0 Å². The lowest BCUT2D eigenvalue weighted by molar-refractivity contribution is -0.115. The van der Waals surface area contributed by atoms with Gasteiger partial charge in [-0.2, -0.15) is 0 Å². The van der Waals surface area contributed by atoms with E-state index in [9.17, 15) is 4.79 Å². The van der Waals surface area contributed by atoms with Gasteiger partial charge in [0.15, 0.2) is 0 Å². The molecule has 0 aromatic heterocycles. The van der Waals surface area contributed by atoms with Gasteiger partial charge in [-0.25, -0.2) is 4.99 Å². The third kappa shape index (κ3) is 4.01. The van der Waals surface area contributed by atoms with Crippen molar-refractivity contribution in [1.29, 1.82) is 0 Å². The highest BCUT2D eigenvalue weighted by Gasteiger charge is 1.81. The van der Waals surface area contributed by atoms with Gasteiger partial charge in [-0.05, 0) is 11.6 Å². The highest BCUT2D eigenvalue weighted by Crippen LogP contribution is 1.99. The van der Waals surface area contributed by atoms with Crippen LogP contribution < -0.4 is 0 Å². The Morgan fingerprint density at radius 3 is 2.62 bits per heavy atom. The van der Waals surface area contributed by atoms with Crippen LogP contribution >= 0.6 is 0 Å². The molecular weight excluding hydrogens is 162 g/mol. The number of carbonyl (C=O) groups excluding carboxylic acids is 1. The first-order valence-electron chi connectivity index (χ1n) is 4.05. The highest BCUT2D eigenvalue weighted by molar-refractivity contribution is 5.89. The molecule has 0 atom stereocenters. The molecule has 0 fully saturated rings. The van der Waals surface area contributed by atoms with Gasteiger partial charge in [-0.15, -0.1) is 0 Å². The Balaban J connectivity index is 2.55. The monoisotopic (exact) mass is 173 g/mol. The molecule has 0 aliphatic carbocycles. The molecule has 1 aromatic carbocycles. The third-order valence-corrected chi connectivity index (χ3v) is 1.43. The van der Waals surface area contributed by atoms with Crippen molar-refractivity contribution >= 4 is 18.2 Å². The Kier molecular flexibility index (Phi) is 3.64. The lowest BCUT2D eigenvalue weighted by atomic mass is 10.2. The quantitative estimate of drug-likeness (QED) is 0.631. The van der Waals surface area contributed by atoms with E-state index in [0.29, 0.717) is 0 Å². The number of hydrogen-bond donors (Lipinski definition) is 0. The van der Waals surface area contributed by atoms with Crippen LogP contribution in [0.1, 0.15) is 12.5 Å². The Hall–Kier alpha value is -1.70. The molecule has 0 N–H and O–H groups in total. The molecule has 0 aliphatic rings. The average Bonchev–Trinajstić information content (AvgIpc) is 2.14. The molecule has 0 heterocycles. The topological polar surface area (TPSA) is 29.4 Å². The highest BCUT2D eigenvalue weighted by atomic mass is 16.1. The predicted molar refractivity (Wildman–Crippen MR) is 54.6 cm³/mol. The van der Waals surface area contributed by atoms with Crippen molar-refractivity contribution in [2.75, 3.05) is 0 Å². The van der Waals surface area contributed by atoms with Crippen LogP contribution in [0.4, 0.5) is 0 Å². The summed E-state index contributed by atoms with van der Waals surface area (Å²) in [5, 5.41) is 0. The van der Waals surface area contributed by atoms with E-state index in [2.05, 4.69) is 4.99 Å². The molecule has 0 bridgehead atoms. The van der Waals surface area contributed by atoms with Gasteiger partial charge in [0, 0.05) is 13.1 Å². The van der Waals surface area contributed by atoms with Gasteiger partial charge >= 0.3 is 0 Å². The lowest BCUT2D eigenvalue weighted by Crippen LogP contribution is -1.80. The summed E-state index contributed by atoms with van der Waals surface area (Å²) in [6, 6.07) is 9.85. The van der Waals surface area contributed by atoms with Crippen molar-refractivity contribution < 1.29 is 4.79 Å². The smallest absolute Gasteiger partial charge is 0.242 e. The molecule has 0 saturated carbocycles. The third-order valence-electron chi connectivity index (χ3n) is 1.43. The zero-order valence-corrected chi connectivity index (χ0v) is 7.47. The first kappa shape index (κ1) is 9.39. The minimum absolute atomic E-state index is 0.183. The maximum Gasteiger partial charge on any atom is 0.242 e. The van der Waals surface area contributed by atoms with Gasteiger partial charge in [0.05, 0.1) is 0 Å². The van der Waals surface area contributed by atoms with E-state index in [1.165, 1.54) is 13.1 Å². The normalized spacial score (nSPS) is 11.2. The maximum atomic E-state index is 10.4. The number of amides is 1. The molecule has 0 unspecified atom stereocenters. The summed E-state index contributed by atoms with van der Waals surface area (Å²) >= 11 is 0. The van der Waals surface area contributed by atoms with Gasteiger partial charge in [-0.3, -0.25) is 4.79 Å². The molecule has 13 heavy (non-hydrogen) atoms. The summed E-state index contributed by atoms with van der Waals surface area (Å²) in [4.78, 5) is 14.0. The average molecular weight is 173 g/mol. The summed E-state index contributed by atoms with van der Waals surface area (Å²) in [7, 11) is 0. The number of nitrogens with zero attached hydrogens (tertiary/aromatic N) is 1. The zero-order chi connectivity index (χ0) is 9.52. The van der Waals surface area contributed by atoms with E-state index in [0.717, 1.165) is 5.56 Å². The molecule has 1 rings (SSSR count). The fourth-order valence-electron chi connectivity index (χ4n) is 0.866. The van der Waals surface area contributed by atoms with Crippen molar-refractivity contribution in [2.45, 2.75) is 6.92 Å². The molecule has 0 saturated heterocycles. The number of benzene rings is 1. The van der Waals surface area contributed by atoms with Crippen molar-refractivity contribution in [3.05, 3.63) is 42.0 Å². The van der Waals surface area contributed by atoms with Crippen LogP contribution in [0.2, 0.25) is 0 Å². The number of hydrogen-bond acceptors (Lipinski definition) is 1. The summed E-state index contributed by atoms with van der Waals surface area (Å²) in [6.45, 7) is 1.42. The van der Waals surface area contributed by atoms with Crippen LogP contribution in [0.25, 0.3) is 6.08 Å². The molecule has 0 spiro atoms. The summed E-state index contributed by atoms with van der Waals surface area (Å²) in [6.07, 6.45) is 5.14. The van der Waals surface area contributed by atoms with Crippen molar-refractivity contribution in [3.8, 4) is 0 Å². The number of aliphatic imine (C=N–C) groups is 1. The van der Waals surface area contributed by atoms with E-state index in [-0.39, 0.29) is 5.91 Å². The zero-order valence-electron chi connectivity index (χ0n) is 7.47. The van der Waals surface area contributed by atoms with Crippen LogP contribution in [-0.4, -0.2) is 12.1 Å². The van der Waals surface area contributed by atoms with Crippen LogP contribution in [0.5, 0.6) is 0 Å². The number of rotatable bonds is 2. The van der Waals surface area contributed by atoms with Crippen LogP contribution in [0, 0.1) is 0 Å². The fourth-order valence-corrected chi connectivity index (χ4v) is 0.866. The standard InChI is InChI=1S/C11H11NO/c1-10(13)12-9-5-8-11-6-3-2-4-7-11/h2-9H,1H3/b8-5+,12-9?. The van der Waals surface area contributed by atoms with Crippen LogP contribution in [-0.2, 0) is 4.79 Å². The van der Waals surface area contributed by atoms with E-state index >= 15 is 0 Å². The first-order chi connectivity index (χ1) is 6.29. The van der Waals surface area contributed by atoms with Crippen LogP contribution in [0.3, 0.4) is 0 Å². The summed E-state index contributed by atoms with van der Waals surface area (Å²) < 4.78 is 0. The Bertz CT molecular complexity index is 325. The van der Waals surface area contributed by atoms with Gasteiger partial charge in [0.1, 0.15) is 0 Å². The Morgan fingerprint density at radius 2 is 2.00 bits per heavy atom. The minimum atomic E-state index is -0.183. The second-order valence-electron chi connectivity index (χ2n) is 2.57. The Labute approximate surface area is 77.6 Å². The largest absolute Gasteiger partial charge is 0.273 e. The SMILES string of the molecule is CC(=O)N=C/C=C/c1ccccc1. The minimum Gasteiger partial charge on any atom is -0.273 e. The first-order valence-corrected chi connectivity index (χ1v) is 4.05. The summed E-state index contributed by atoms with van der Waals surface area (Å²) in [5.41, 5.74) is 1.09. The molecule has 1 amide bonds. The van der Waals surface area contributed by atoms with Gasteiger partial charge in [0.2, 0.25) is 5.91 Å². The number of allylic oxidation sites excluding steroid dienone is 1. The van der Waals surface area contributed by atoms with E-state index in [1.807, 2.05) is 36.4 Å². The van der Waals surface area contributed by atoms with Gasteiger partial charge < -0.3 is 0 Å². The lowest BCUT2D eigenvalue weighted by Gasteiger charge is -1.87. The molecular formula is C11H11NO. The van der Waals surface area contributed by atoms with E-state index in [1.54, 1.807) is 6.08 Å². The molecule has 66 valence electrons. The molecule has 2 heteroatoms. The van der Waals surface area contributed by atoms with Crippen molar-refractivity contribution in [2.24, 2.45) is 4.99 Å². The molecule has 0 aliphatic heterocycles. The van der Waals surface area contributed by atoms with Crippen molar-refractivity contribution in [1.82, 2.24) is 0 Å². The van der Waals surface area contributed by atoms with E-state index < -0.39 is 0 Å². The summed E-state index contributed by atoms with van der Waals surface area (Å²) in [5.74, 6) is -0.183. The molecule has 1 aromatic rings. The molecule has 0 radical (unpaired) electrons. The second kappa shape index (κ2) is 5.04. The van der Waals surface area contributed by atoms with Gasteiger partial charge in [-0.1, -0.05) is 36.4 Å². The number of carbonyl (C=O) groups is 1. The fraction of sp³-hybridized carbons (Fsp3) is 0.0909. The molecule has 2 nitrogen and oxygen atoms in total. The predicted octanol–water partition coefficient (Wildman–Crippen LogP) is 2.32. The van der Waals surface area contributed by atoms with Crippen molar-refractivity contribution in [3.63, 3.8) is 0 Å². The second-order valence-corrected chi connectivity index (χ2v) is 2.57. The van der Waals surface area contributed by atoms with E-state index in [4.69, 9.17) is 0 Å². The maximum absolute atomic E-state index is 10.4. The Morgan fingerprint density at radius 1 is 1.31 bits per heavy atom.